The van der Waals surface area contributed by atoms with Gasteiger partial charge < -0.3 is 19.3 Å². The molecule has 1 unspecified atom stereocenters. The number of rotatable bonds is 7. The number of methoxy groups -OCH3 is 1. The molecule has 4 rings (SSSR count). The van der Waals surface area contributed by atoms with Crippen LogP contribution in [0.1, 0.15) is 41.6 Å². The number of amides is 1. The van der Waals surface area contributed by atoms with Crippen molar-refractivity contribution in [2.45, 2.75) is 38.3 Å². The molecule has 2 heterocycles. The molecule has 5 nitrogen and oxygen atoms in total. The highest BCUT2D eigenvalue weighted by Crippen LogP contribution is 2.31. The molecule has 2 aromatic carbocycles. The van der Waals surface area contributed by atoms with Crippen molar-refractivity contribution < 1.29 is 14.3 Å². The summed E-state index contributed by atoms with van der Waals surface area (Å²) in [5.74, 6) is 1.28. The summed E-state index contributed by atoms with van der Waals surface area (Å²) < 4.78 is 11.4. The average Bonchev–Trinajstić information content (AvgIpc) is 3.45. The van der Waals surface area contributed by atoms with E-state index in [-0.39, 0.29) is 5.91 Å². The fourth-order valence-corrected chi connectivity index (χ4v) is 4.51. The molecule has 160 valence electrons. The number of carbonyl (C=O) groups is 1. The van der Waals surface area contributed by atoms with Crippen molar-refractivity contribution in [3.63, 3.8) is 0 Å². The van der Waals surface area contributed by atoms with E-state index in [0.717, 1.165) is 44.6 Å². The van der Waals surface area contributed by atoms with E-state index in [0.29, 0.717) is 34.7 Å². The Morgan fingerprint density at radius 1 is 1.03 bits per heavy atom. The van der Waals surface area contributed by atoms with Gasteiger partial charge in [0.25, 0.3) is 5.91 Å². The Morgan fingerprint density at radius 2 is 1.80 bits per heavy atom. The van der Waals surface area contributed by atoms with E-state index < -0.39 is 0 Å². The van der Waals surface area contributed by atoms with E-state index in [1.165, 1.54) is 12.8 Å². The number of nitrogens with zero attached hydrogens (tertiary/aromatic N) is 2. The van der Waals surface area contributed by atoms with Gasteiger partial charge in [0, 0.05) is 29.7 Å². The van der Waals surface area contributed by atoms with Gasteiger partial charge in [-0.25, -0.2) is 0 Å². The first kappa shape index (κ1) is 21.0. The summed E-state index contributed by atoms with van der Waals surface area (Å²) in [7, 11) is 1.60. The molecule has 0 radical (unpaired) electrons. The van der Waals surface area contributed by atoms with Crippen molar-refractivity contribution in [1.29, 1.82) is 0 Å². The molecule has 1 amide bonds. The van der Waals surface area contributed by atoms with E-state index >= 15 is 0 Å². The highest BCUT2D eigenvalue weighted by Gasteiger charge is 2.31. The molecular weight excluding hydrogens is 400 g/mol. The normalized spacial score (nSPS) is 19.3. The number of halogens is 1. The van der Waals surface area contributed by atoms with Crippen molar-refractivity contribution >= 4 is 17.5 Å². The number of likely N-dealkylation sites (tertiary alicyclic amines) is 2. The molecule has 2 aliphatic heterocycles. The van der Waals surface area contributed by atoms with Gasteiger partial charge >= 0.3 is 0 Å². The lowest BCUT2D eigenvalue weighted by molar-refractivity contribution is 0.0708. The van der Waals surface area contributed by atoms with Gasteiger partial charge in [0.2, 0.25) is 0 Å². The number of hydrogen-bond donors (Lipinski definition) is 0. The molecule has 2 aliphatic rings. The summed E-state index contributed by atoms with van der Waals surface area (Å²) in [6, 6.07) is 13.3. The minimum atomic E-state index is 0.0826. The highest BCUT2D eigenvalue weighted by molar-refractivity contribution is 6.30. The molecule has 1 atom stereocenters. The molecule has 0 aromatic heterocycles. The predicted molar refractivity (Wildman–Crippen MR) is 119 cm³/mol. The van der Waals surface area contributed by atoms with E-state index in [2.05, 4.69) is 4.90 Å². The monoisotopic (exact) mass is 428 g/mol. The number of benzene rings is 2. The van der Waals surface area contributed by atoms with Crippen LogP contribution >= 0.6 is 11.6 Å². The lowest BCUT2D eigenvalue weighted by atomic mass is 10.1. The first-order valence-corrected chi connectivity index (χ1v) is 11.1. The van der Waals surface area contributed by atoms with Gasteiger partial charge in [-0.1, -0.05) is 23.7 Å². The van der Waals surface area contributed by atoms with Crippen LogP contribution in [0, 0.1) is 0 Å². The van der Waals surface area contributed by atoms with Crippen LogP contribution < -0.4 is 9.47 Å². The standard InChI is InChI=1S/C24H29ClN2O3/c1-29-23-15-19(8-11-22(23)30-17-18-6-9-20(25)10-7-18)24(28)27-14-4-5-21(27)16-26-12-2-3-13-26/h6-11,15,21H,2-5,12-14,16-17H2,1H3. The maximum atomic E-state index is 13.2. The van der Waals surface area contributed by atoms with Gasteiger partial charge in [0.05, 0.1) is 7.11 Å². The van der Waals surface area contributed by atoms with Crippen molar-refractivity contribution in [1.82, 2.24) is 9.80 Å². The van der Waals surface area contributed by atoms with Gasteiger partial charge in [0.1, 0.15) is 6.61 Å². The van der Waals surface area contributed by atoms with Crippen molar-refractivity contribution in [3.05, 3.63) is 58.6 Å². The van der Waals surface area contributed by atoms with Crippen molar-refractivity contribution in [3.8, 4) is 11.5 Å². The van der Waals surface area contributed by atoms with Gasteiger partial charge in [0.15, 0.2) is 11.5 Å². The molecular formula is C24H29ClN2O3. The molecule has 2 fully saturated rings. The summed E-state index contributed by atoms with van der Waals surface area (Å²) in [5.41, 5.74) is 1.67. The van der Waals surface area contributed by atoms with E-state index in [9.17, 15) is 4.79 Å². The molecule has 30 heavy (non-hydrogen) atoms. The molecule has 2 aromatic rings. The summed E-state index contributed by atoms with van der Waals surface area (Å²) in [4.78, 5) is 17.8. The second kappa shape index (κ2) is 9.71. The zero-order valence-electron chi connectivity index (χ0n) is 17.5. The Labute approximate surface area is 183 Å². The fourth-order valence-electron chi connectivity index (χ4n) is 4.38. The topological polar surface area (TPSA) is 42.0 Å². The lowest BCUT2D eigenvalue weighted by Crippen LogP contribution is -2.42. The summed E-state index contributed by atoms with van der Waals surface area (Å²) >= 11 is 5.94. The van der Waals surface area contributed by atoms with Crippen LogP contribution in [-0.4, -0.2) is 55.0 Å². The summed E-state index contributed by atoms with van der Waals surface area (Å²) in [6.45, 7) is 4.54. The Bertz CT molecular complexity index is 865. The van der Waals surface area contributed by atoms with Gasteiger partial charge in [-0.2, -0.15) is 0 Å². The van der Waals surface area contributed by atoms with Crippen LogP contribution in [-0.2, 0) is 6.61 Å². The quantitative estimate of drug-likeness (QED) is 0.644. The first-order chi connectivity index (χ1) is 14.6. The number of ether oxygens (including phenoxy) is 2. The lowest BCUT2D eigenvalue weighted by Gasteiger charge is -2.28. The van der Waals surface area contributed by atoms with Gasteiger partial charge in [-0.05, 0) is 74.7 Å². The summed E-state index contributed by atoms with van der Waals surface area (Å²) in [5, 5.41) is 0.698. The molecule has 0 N–H and O–H groups in total. The molecule has 0 spiro atoms. The maximum absolute atomic E-state index is 13.2. The second-order valence-corrected chi connectivity index (χ2v) is 8.52. The fraction of sp³-hybridized carbons (Fsp3) is 0.458. The third-order valence-corrected chi connectivity index (χ3v) is 6.28. The zero-order chi connectivity index (χ0) is 20.9. The Hall–Kier alpha value is -2.24. The second-order valence-electron chi connectivity index (χ2n) is 8.08. The van der Waals surface area contributed by atoms with Crippen molar-refractivity contribution in [2.75, 3.05) is 33.3 Å². The van der Waals surface area contributed by atoms with Crippen LogP contribution in [0.15, 0.2) is 42.5 Å². The third-order valence-electron chi connectivity index (χ3n) is 6.02. The minimum Gasteiger partial charge on any atom is -0.493 e. The van der Waals surface area contributed by atoms with E-state index in [4.69, 9.17) is 21.1 Å². The molecule has 2 saturated heterocycles. The minimum absolute atomic E-state index is 0.0826. The van der Waals surface area contributed by atoms with Crippen LogP contribution in [0.3, 0.4) is 0 Å². The van der Waals surface area contributed by atoms with Crippen LogP contribution in [0.5, 0.6) is 11.5 Å². The molecule has 0 aliphatic carbocycles. The Balaban J connectivity index is 1.43. The maximum Gasteiger partial charge on any atom is 0.254 e. The van der Waals surface area contributed by atoms with Gasteiger partial charge in [-0.15, -0.1) is 0 Å². The largest absolute Gasteiger partial charge is 0.493 e. The predicted octanol–water partition coefficient (Wildman–Crippen LogP) is 4.63. The molecule has 0 saturated carbocycles. The summed E-state index contributed by atoms with van der Waals surface area (Å²) in [6.07, 6.45) is 4.70. The average molecular weight is 429 g/mol. The van der Waals surface area contributed by atoms with E-state index in [1.54, 1.807) is 13.2 Å². The molecule has 6 heteroatoms. The number of hydrogen-bond acceptors (Lipinski definition) is 4. The van der Waals surface area contributed by atoms with Crippen LogP contribution in [0.25, 0.3) is 0 Å². The van der Waals surface area contributed by atoms with Crippen molar-refractivity contribution in [2.24, 2.45) is 0 Å². The third kappa shape index (κ3) is 4.90. The smallest absolute Gasteiger partial charge is 0.254 e. The molecule has 0 bridgehead atoms. The number of carbonyl (C=O) groups excluding carboxylic acids is 1. The SMILES string of the molecule is COc1cc(C(=O)N2CCCC2CN2CCCC2)ccc1OCc1ccc(Cl)cc1. The Morgan fingerprint density at radius 3 is 2.53 bits per heavy atom. The first-order valence-electron chi connectivity index (χ1n) is 10.7. The van der Waals surface area contributed by atoms with Crippen LogP contribution in [0.2, 0.25) is 5.02 Å². The highest BCUT2D eigenvalue weighted by atomic mass is 35.5. The van der Waals surface area contributed by atoms with E-state index in [1.807, 2.05) is 41.3 Å². The zero-order valence-corrected chi connectivity index (χ0v) is 18.2. The van der Waals surface area contributed by atoms with Crippen LogP contribution in [0.4, 0.5) is 0 Å². The Kier molecular flexibility index (Phi) is 6.80. The van der Waals surface area contributed by atoms with Gasteiger partial charge in [-0.3, -0.25) is 4.79 Å².